The van der Waals surface area contributed by atoms with Gasteiger partial charge in [0.25, 0.3) is 0 Å². The van der Waals surface area contributed by atoms with Gasteiger partial charge in [0.2, 0.25) is 5.95 Å². The Bertz CT molecular complexity index is 453. The molecule has 2 aromatic rings. The molecule has 0 atom stereocenters. The number of hydrogen-bond donors (Lipinski definition) is 3. The Morgan fingerprint density at radius 1 is 1.27 bits per heavy atom. The van der Waals surface area contributed by atoms with E-state index in [9.17, 15) is 0 Å². The van der Waals surface area contributed by atoms with Crippen molar-refractivity contribution in [3.05, 3.63) is 30.1 Å². The maximum atomic E-state index is 5.69. The maximum absolute atomic E-state index is 5.69. The molecular weight excluding hydrogens is 194 g/mol. The van der Waals surface area contributed by atoms with Crippen LogP contribution in [0, 0.1) is 0 Å². The summed E-state index contributed by atoms with van der Waals surface area (Å²) in [6, 6.07) is 7.24. The van der Waals surface area contributed by atoms with Crippen LogP contribution in [0.15, 0.2) is 24.3 Å². The first-order valence-corrected chi connectivity index (χ1v) is 4.40. The number of rotatable bonds is 3. The maximum Gasteiger partial charge on any atom is 0.239 e. The normalized spacial score (nSPS) is 10.1. The molecule has 5 N–H and O–H groups in total. The lowest BCUT2D eigenvalue weighted by atomic mass is 10.3. The van der Waals surface area contributed by atoms with Crippen LogP contribution in [0.1, 0.15) is 5.82 Å². The molecule has 0 aliphatic rings. The number of nitrogens with two attached hydrogens (primary N) is 2. The Kier molecular flexibility index (Phi) is 2.40. The summed E-state index contributed by atoms with van der Waals surface area (Å²) in [7, 11) is 0. The molecule has 0 spiro atoms. The first kappa shape index (κ1) is 9.32. The van der Waals surface area contributed by atoms with Crippen LogP contribution in [-0.2, 0) is 6.61 Å². The minimum atomic E-state index is 0.203. The van der Waals surface area contributed by atoms with Gasteiger partial charge in [-0.15, -0.1) is 5.10 Å². The zero-order chi connectivity index (χ0) is 10.7. The standard InChI is InChI=1S/C9H11N5O/c10-6-3-1-2-4-7(6)15-5-8-12-9(11)14-13-8/h1-4H,5,10H2,(H3,11,12,13,14). The summed E-state index contributed by atoms with van der Waals surface area (Å²) in [6.45, 7) is 0.262. The van der Waals surface area contributed by atoms with Crippen molar-refractivity contribution in [2.45, 2.75) is 6.61 Å². The van der Waals surface area contributed by atoms with E-state index in [0.29, 0.717) is 17.3 Å². The monoisotopic (exact) mass is 205 g/mol. The Morgan fingerprint density at radius 2 is 2.07 bits per heavy atom. The molecule has 1 heterocycles. The molecule has 1 aromatic heterocycles. The number of aromatic amines is 1. The van der Waals surface area contributed by atoms with Crippen molar-refractivity contribution < 1.29 is 4.74 Å². The number of anilines is 2. The van der Waals surface area contributed by atoms with Crippen LogP contribution in [0.3, 0.4) is 0 Å². The molecule has 0 aliphatic carbocycles. The summed E-state index contributed by atoms with van der Waals surface area (Å²) >= 11 is 0. The van der Waals surface area contributed by atoms with E-state index in [1.165, 1.54) is 0 Å². The zero-order valence-corrected chi connectivity index (χ0v) is 7.97. The van der Waals surface area contributed by atoms with Crippen LogP contribution in [0.5, 0.6) is 5.75 Å². The topological polar surface area (TPSA) is 103 Å². The van der Waals surface area contributed by atoms with Crippen molar-refractivity contribution in [1.82, 2.24) is 15.2 Å². The molecule has 0 unspecified atom stereocenters. The van der Waals surface area contributed by atoms with E-state index >= 15 is 0 Å². The van der Waals surface area contributed by atoms with Gasteiger partial charge in [-0.1, -0.05) is 12.1 Å². The number of H-pyrrole nitrogens is 1. The minimum absolute atomic E-state index is 0.203. The lowest BCUT2D eigenvalue weighted by molar-refractivity contribution is 0.298. The molecule has 0 saturated heterocycles. The molecule has 0 fully saturated rings. The first-order chi connectivity index (χ1) is 7.25. The average Bonchev–Trinajstić information content (AvgIpc) is 2.63. The second-order valence-corrected chi connectivity index (χ2v) is 2.97. The van der Waals surface area contributed by atoms with Crippen LogP contribution in [-0.4, -0.2) is 15.2 Å². The lowest BCUT2D eigenvalue weighted by Crippen LogP contribution is -2.00. The molecule has 0 radical (unpaired) electrons. The highest BCUT2D eigenvalue weighted by molar-refractivity contribution is 5.51. The van der Waals surface area contributed by atoms with Crippen molar-refractivity contribution >= 4 is 11.6 Å². The number of para-hydroxylation sites is 2. The van der Waals surface area contributed by atoms with Gasteiger partial charge >= 0.3 is 0 Å². The van der Waals surface area contributed by atoms with Crippen LogP contribution >= 0.6 is 0 Å². The Hall–Kier alpha value is -2.24. The second-order valence-electron chi connectivity index (χ2n) is 2.97. The highest BCUT2D eigenvalue weighted by Gasteiger charge is 2.02. The van der Waals surface area contributed by atoms with Crippen LogP contribution in [0.25, 0.3) is 0 Å². The number of nitrogens with zero attached hydrogens (tertiary/aromatic N) is 2. The van der Waals surface area contributed by atoms with E-state index < -0.39 is 0 Å². The summed E-state index contributed by atoms with van der Waals surface area (Å²) < 4.78 is 5.42. The number of ether oxygens (including phenoxy) is 1. The molecule has 6 nitrogen and oxygen atoms in total. The smallest absolute Gasteiger partial charge is 0.239 e. The largest absolute Gasteiger partial charge is 0.483 e. The van der Waals surface area contributed by atoms with Gasteiger partial charge in [0.15, 0.2) is 5.82 Å². The molecule has 0 aliphatic heterocycles. The predicted molar refractivity (Wildman–Crippen MR) is 56.0 cm³/mol. The van der Waals surface area contributed by atoms with Crippen molar-refractivity contribution in [2.24, 2.45) is 0 Å². The van der Waals surface area contributed by atoms with E-state index in [1.807, 2.05) is 12.1 Å². The molecule has 0 amide bonds. The van der Waals surface area contributed by atoms with Gasteiger partial charge in [0.1, 0.15) is 12.4 Å². The quantitative estimate of drug-likeness (QED) is 0.635. The van der Waals surface area contributed by atoms with Gasteiger partial charge < -0.3 is 16.2 Å². The van der Waals surface area contributed by atoms with E-state index in [1.54, 1.807) is 12.1 Å². The summed E-state index contributed by atoms with van der Waals surface area (Å²) in [5.74, 6) is 1.39. The highest BCUT2D eigenvalue weighted by atomic mass is 16.5. The first-order valence-electron chi connectivity index (χ1n) is 4.40. The Labute approximate surface area is 86.3 Å². The number of benzene rings is 1. The fourth-order valence-corrected chi connectivity index (χ4v) is 1.13. The lowest BCUT2D eigenvalue weighted by Gasteiger charge is -2.05. The van der Waals surface area contributed by atoms with E-state index in [-0.39, 0.29) is 12.6 Å². The zero-order valence-electron chi connectivity index (χ0n) is 7.97. The third-order valence-electron chi connectivity index (χ3n) is 1.83. The van der Waals surface area contributed by atoms with Crippen LogP contribution in [0.4, 0.5) is 11.6 Å². The van der Waals surface area contributed by atoms with E-state index in [0.717, 1.165) is 0 Å². The summed E-state index contributed by atoms with van der Waals surface area (Å²) in [5, 5.41) is 6.32. The van der Waals surface area contributed by atoms with Gasteiger partial charge in [0.05, 0.1) is 5.69 Å². The van der Waals surface area contributed by atoms with Crippen molar-refractivity contribution in [3.8, 4) is 5.75 Å². The summed E-state index contributed by atoms with van der Waals surface area (Å²) in [4.78, 5) is 3.90. The van der Waals surface area contributed by atoms with Crippen LogP contribution < -0.4 is 16.2 Å². The summed E-state index contributed by atoms with van der Waals surface area (Å²) in [5.41, 5.74) is 11.6. The Balaban J connectivity index is 2.02. The highest BCUT2D eigenvalue weighted by Crippen LogP contribution is 2.20. The van der Waals surface area contributed by atoms with Gasteiger partial charge in [-0.3, -0.25) is 5.10 Å². The molecule has 15 heavy (non-hydrogen) atoms. The predicted octanol–water partition coefficient (Wildman–Crippen LogP) is 0.548. The van der Waals surface area contributed by atoms with Crippen molar-refractivity contribution in [3.63, 3.8) is 0 Å². The average molecular weight is 205 g/mol. The van der Waals surface area contributed by atoms with Crippen LogP contribution in [0.2, 0.25) is 0 Å². The molecule has 6 heteroatoms. The molecule has 78 valence electrons. The second kappa shape index (κ2) is 3.87. The fraction of sp³-hybridized carbons (Fsp3) is 0.111. The van der Waals surface area contributed by atoms with E-state index in [2.05, 4.69) is 15.2 Å². The Morgan fingerprint density at radius 3 is 2.73 bits per heavy atom. The van der Waals surface area contributed by atoms with Gasteiger partial charge in [0, 0.05) is 0 Å². The number of aromatic nitrogens is 3. The van der Waals surface area contributed by atoms with Gasteiger partial charge in [-0.25, -0.2) is 0 Å². The number of nitrogens with one attached hydrogen (secondary N) is 1. The summed E-state index contributed by atoms with van der Waals surface area (Å²) in [6.07, 6.45) is 0. The molecule has 1 aromatic carbocycles. The van der Waals surface area contributed by atoms with Gasteiger partial charge in [-0.05, 0) is 12.1 Å². The van der Waals surface area contributed by atoms with Gasteiger partial charge in [-0.2, -0.15) is 4.98 Å². The number of nitrogen functional groups attached to an aromatic ring is 2. The third-order valence-corrected chi connectivity index (χ3v) is 1.83. The SMILES string of the molecule is Nc1n[nH]c(COc2ccccc2N)n1. The minimum Gasteiger partial charge on any atom is -0.483 e. The van der Waals surface area contributed by atoms with Crippen molar-refractivity contribution in [1.29, 1.82) is 0 Å². The number of hydrogen-bond acceptors (Lipinski definition) is 5. The molecule has 2 rings (SSSR count). The van der Waals surface area contributed by atoms with Crippen molar-refractivity contribution in [2.75, 3.05) is 11.5 Å². The molecule has 0 bridgehead atoms. The molecular formula is C9H11N5O. The van der Waals surface area contributed by atoms with E-state index in [4.69, 9.17) is 16.2 Å². The fourth-order valence-electron chi connectivity index (χ4n) is 1.13. The third kappa shape index (κ3) is 2.16. The molecule has 0 saturated carbocycles.